The van der Waals surface area contributed by atoms with Gasteiger partial charge in [-0.25, -0.2) is 0 Å². The Morgan fingerprint density at radius 1 is 1.56 bits per heavy atom. The molecule has 1 unspecified atom stereocenters. The topological polar surface area (TPSA) is 18.5 Å². The first-order valence-corrected chi connectivity index (χ1v) is 5.68. The molecule has 0 fully saturated rings. The van der Waals surface area contributed by atoms with Gasteiger partial charge in [0.2, 0.25) is 0 Å². The van der Waals surface area contributed by atoms with Crippen LogP contribution in [-0.2, 0) is 4.74 Å². The van der Waals surface area contributed by atoms with E-state index >= 15 is 0 Å². The van der Waals surface area contributed by atoms with Gasteiger partial charge in [-0.15, -0.1) is 6.58 Å². The van der Waals surface area contributed by atoms with E-state index in [1.807, 2.05) is 24.3 Å². The van der Waals surface area contributed by atoms with Crippen LogP contribution in [0.5, 0.6) is 5.75 Å². The largest absolute Gasteiger partial charge is 0.497 e. The summed E-state index contributed by atoms with van der Waals surface area (Å²) in [6, 6.07) is 7.74. The van der Waals surface area contributed by atoms with Gasteiger partial charge in [-0.2, -0.15) is 0 Å². The van der Waals surface area contributed by atoms with Gasteiger partial charge in [-0.3, -0.25) is 0 Å². The van der Waals surface area contributed by atoms with E-state index in [2.05, 4.69) is 29.1 Å². The fourth-order valence-electron chi connectivity index (χ4n) is 1.30. The summed E-state index contributed by atoms with van der Waals surface area (Å²) >= 11 is 3.25. The van der Waals surface area contributed by atoms with Crippen LogP contribution in [0.15, 0.2) is 48.0 Å². The van der Waals surface area contributed by atoms with E-state index in [9.17, 15) is 0 Å². The zero-order valence-corrected chi connectivity index (χ0v) is 10.9. The Kier molecular flexibility index (Phi) is 5.29. The minimum Gasteiger partial charge on any atom is -0.497 e. The van der Waals surface area contributed by atoms with Gasteiger partial charge < -0.3 is 9.47 Å². The molecule has 1 atom stereocenters. The Balaban J connectivity index is 2.77. The van der Waals surface area contributed by atoms with E-state index in [4.69, 9.17) is 9.47 Å². The van der Waals surface area contributed by atoms with Crippen molar-refractivity contribution in [1.29, 1.82) is 0 Å². The highest BCUT2D eigenvalue weighted by atomic mass is 79.9. The molecule has 0 radical (unpaired) electrons. The first-order chi connectivity index (χ1) is 7.67. The third kappa shape index (κ3) is 3.83. The molecule has 0 N–H and O–H groups in total. The van der Waals surface area contributed by atoms with Crippen molar-refractivity contribution in [2.75, 3.05) is 13.7 Å². The Labute approximate surface area is 105 Å². The molecule has 0 bridgehead atoms. The van der Waals surface area contributed by atoms with E-state index in [0.717, 1.165) is 15.8 Å². The molecular weight excluding hydrogens is 268 g/mol. The summed E-state index contributed by atoms with van der Waals surface area (Å²) in [5.74, 6) is 0.811. The highest BCUT2D eigenvalue weighted by Crippen LogP contribution is 2.23. The average Bonchev–Trinajstić information content (AvgIpc) is 2.30. The van der Waals surface area contributed by atoms with Crippen molar-refractivity contribution >= 4 is 15.9 Å². The molecule has 0 aliphatic rings. The summed E-state index contributed by atoms with van der Waals surface area (Å²) in [6.07, 6.45) is 1.61. The first-order valence-electron chi connectivity index (χ1n) is 4.88. The van der Waals surface area contributed by atoms with Crippen LogP contribution in [0.2, 0.25) is 0 Å². The third-order valence-corrected chi connectivity index (χ3v) is 2.28. The number of ether oxygens (including phenoxy) is 2. The van der Waals surface area contributed by atoms with Gasteiger partial charge in [0, 0.05) is 4.48 Å². The van der Waals surface area contributed by atoms with Crippen molar-refractivity contribution in [3.05, 3.63) is 53.5 Å². The smallest absolute Gasteiger partial charge is 0.119 e. The lowest BCUT2D eigenvalue weighted by Crippen LogP contribution is -2.02. The monoisotopic (exact) mass is 282 g/mol. The summed E-state index contributed by atoms with van der Waals surface area (Å²) in [5, 5.41) is 0. The predicted molar refractivity (Wildman–Crippen MR) is 70.0 cm³/mol. The van der Waals surface area contributed by atoms with Crippen LogP contribution >= 0.6 is 15.9 Å². The summed E-state index contributed by atoms with van der Waals surface area (Å²) in [5.41, 5.74) is 1.02. The SMILES string of the molecule is C=CC(OCC(=C)Br)c1cccc(OC)c1. The van der Waals surface area contributed by atoms with Crippen molar-refractivity contribution in [3.63, 3.8) is 0 Å². The maximum Gasteiger partial charge on any atom is 0.119 e. The molecule has 3 heteroatoms. The number of rotatable bonds is 6. The molecule has 0 saturated carbocycles. The van der Waals surface area contributed by atoms with E-state index in [0.29, 0.717) is 6.61 Å². The first kappa shape index (κ1) is 13.0. The number of methoxy groups -OCH3 is 1. The predicted octanol–water partition coefficient (Wildman–Crippen LogP) is 3.85. The molecule has 1 rings (SSSR count). The zero-order chi connectivity index (χ0) is 12.0. The Hall–Kier alpha value is -1.06. The average molecular weight is 283 g/mol. The second-order valence-electron chi connectivity index (χ2n) is 3.26. The molecule has 1 aromatic carbocycles. The van der Waals surface area contributed by atoms with Gasteiger partial charge in [0.25, 0.3) is 0 Å². The van der Waals surface area contributed by atoms with Gasteiger partial charge in [-0.1, -0.05) is 40.7 Å². The second-order valence-corrected chi connectivity index (χ2v) is 4.38. The molecule has 16 heavy (non-hydrogen) atoms. The molecule has 0 amide bonds. The fraction of sp³-hybridized carbons (Fsp3) is 0.231. The van der Waals surface area contributed by atoms with Crippen LogP contribution in [0.3, 0.4) is 0 Å². The standard InChI is InChI=1S/C13H15BrO2/c1-4-13(16-9-10(2)14)11-6-5-7-12(8-11)15-3/h4-8,13H,1-2,9H2,3H3. The summed E-state index contributed by atoms with van der Waals surface area (Å²) in [6.45, 7) is 7.93. The lowest BCUT2D eigenvalue weighted by atomic mass is 10.1. The second kappa shape index (κ2) is 6.51. The molecule has 1 aromatic rings. The van der Waals surface area contributed by atoms with Crippen LogP contribution in [0.1, 0.15) is 11.7 Å². The minimum absolute atomic E-state index is 0.149. The van der Waals surface area contributed by atoms with Crippen LogP contribution in [0, 0.1) is 0 Å². The van der Waals surface area contributed by atoms with Gasteiger partial charge in [0.05, 0.1) is 13.7 Å². The van der Waals surface area contributed by atoms with Crippen LogP contribution < -0.4 is 4.74 Å². The van der Waals surface area contributed by atoms with Gasteiger partial charge >= 0.3 is 0 Å². The van der Waals surface area contributed by atoms with Crippen molar-refractivity contribution in [3.8, 4) is 5.75 Å². The van der Waals surface area contributed by atoms with Crippen LogP contribution in [0.25, 0.3) is 0 Å². The fourth-order valence-corrected chi connectivity index (χ4v) is 1.43. The Bertz CT molecular complexity index is 374. The summed E-state index contributed by atoms with van der Waals surface area (Å²) in [7, 11) is 1.64. The van der Waals surface area contributed by atoms with E-state index in [-0.39, 0.29) is 6.10 Å². The molecule has 86 valence electrons. The van der Waals surface area contributed by atoms with Crippen molar-refractivity contribution in [2.45, 2.75) is 6.10 Å². The molecular formula is C13H15BrO2. The van der Waals surface area contributed by atoms with E-state index in [1.165, 1.54) is 0 Å². The minimum atomic E-state index is -0.149. The molecule has 0 saturated heterocycles. The maximum atomic E-state index is 5.62. The van der Waals surface area contributed by atoms with E-state index in [1.54, 1.807) is 13.2 Å². The van der Waals surface area contributed by atoms with Crippen molar-refractivity contribution in [1.82, 2.24) is 0 Å². The normalized spacial score (nSPS) is 11.9. The zero-order valence-electron chi connectivity index (χ0n) is 9.28. The quantitative estimate of drug-likeness (QED) is 0.738. The molecule has 2 nitrogen and oxygen atoms in total. The maximum absolute atomic E-state index is 5.62. The number of hydrogen-bond acceptors (Lipinski definition) is 2. The molecule has 0 spiro atoms. The van der Waals surface area contributed by atoms with Gasteiger partial charge in [0.15, 0.2) is 0 Å². The summed E-state index contributed by atoms with van der Waals surface area (Å²) in [4.78, 5) is 0. The van der Waals surface area contributed by atoms with Gasteiger partial charge in [0.1, 0.15) is 11.9 Å². The van der Waals surface area contributed by atoms with Crippen LogP contribution in [-0.4, -0.2) is 13.7 Å². The number of halogens is 1. The van der Waals surface area contributed by atoms with E-state index < -0.39 is 0 Å². The molecule has 0 heterocycles. The molecule has 0 aliphatic heterocycles. The van der Waals surface area contributed by atoms with Gasteiger partial charge in [-0.05, 0) is 17.7 Å². The third-order valence-electron chi connectivity index (χ3n) is 2.06. The lowest BCUT2D eigenvalue weighted by molar-refractivity contribution is 0.109. The molecule has 0 aliphatic carbocycles. The number of hydrogen-bond donors (Lipinski definition) is 0. The van der Waals surface area contributed by atoms with Crippen molar-refractivity contribution < 1.29 is 9.47 Å². The lowest BCUT2D eigenvalue weighted by Gasteiger charge is -2.14. The Morgan fingerprint density at radius 2 is 2.31 bits per heavy atom. The number of benzene rings is 1. The summed E-state index contributed by atoms with van der Waals surface area (Å²) < 4.78 is 11.6. The Morgan fingerprint density at radius 3 is 2.88 bits per heavy atom. The highest BCUT2D eigenvalue weighted by Gasteiger charge is 2.08. The molecule has 0 aromatic heterocycles. The van der Waals surface area contributed by atoms with Crippen molar-refractivity contribution in [2.24, 2.45) is 0 Å². The highest BCUT2D eigenvalue weighted by molar-refractivity contribution is 9.11. The van der Waals surface area contributed by atoms with Crippen LogP contribution in [0.4, 0.5) is 0 Å².